The summed E-state index contributed by atoms with van der Waals surface area (Å²) in [6, 6.07) is 3.77. The highest BCUT2D eigenvalue weighted by Crippen LogP contribution is 2.24. The van der Waals surface area contributed by atoms with Crippen LogP contribution in [-0.2, 0) is 10.2 Å². The Morgan fingerprint density at radius 2 is 2.00 bits per heavy atom. The summed E-state index contributed by atoms with van der Waals surface area (Å²) < 4.78 is 39.4. The van der Waals surface area contributed by atoms with Gasteiger partial charge in [0.05, 0.1) is 5.69 Å². The molecule has 0 aliphatic carbocycles. The van der Waals surface area contributed by atoms with Crippen LogP contribution >= 0.6 is 15.9 Å². The molecule has 84 valence electrons. The maximum atomic E-state index is 12.9. The lowest BCUT2D eigenvalue weighted by Crippen LogP contribution is -2.29. The second-order valence-electron chi connectivity index (χ2n) is 3.01. The Kier molecular flexibility index (Phi) is 3.69. The standard InChI is InChI=1S/C8H10BrFN2O2S/c1-12(2)15(13,14)11-8-5-6(10)3-4-7(8)9/h3-5,11H,1-2H3. The molecule has 4 nitrogen and oxygen atoms in total. The zero-order valence-corrected chi connectivity index (χ0v) is 10.6. The van der Waals surface area contributed by atoms with Gasteiger partial charge in [-0.1, -0.05) is 0 Å². The van der Waals surface area contributed by atoms with Gasteiger partial charge in [0.2, 0.25) is 0 Å². The molecule has 0 heterocycles. The molecular formula is C8H10BrFN2O2S. The van der Waals surface area contributed by atoms with E-state index in [1.165, 1.54) is 26.2 Å². The molecule has 1 aromatic carbocycles. The molecule has 0 saturated heterocycles. The first kappa shape index (κ1) is 12.4. The fourth-order valence-electron chi connectivity index (χ4n) is 0.806. The minimum absolute atomic E-state index is 0.170. The van der Waals surface area contributed by atoms with Crippen LogP contribution in [0.1, 0.15) is 0 Å². The highest BCUT2D eigenvalue weighted by atomic mass is 79.9. The highest BCUT2D eigenvalue weighted by Gasteiger charge is 2.14. The van der Waals surface area contributed by atoms with E-state index in [9.17, 15) is 12.8 Å². The molecule has 1 N–H and O–H groups in total. The van der Waals surface area contributed by atoms with Crippen LogP contribution < -0.4 is 4.72 Å². The average Bonchev–Trinajstić information content (AvgIpc) is 2.10. The smallest absolute Gasteiger partial charge is 0.270 e. The van der Waals surface area contributed by atoms with Crippen molar-refractivity contribution in [2.75, 3.05) is 18.8 Å². The quantitative estimate of drug-likeness (QED) is 0.925. The number of anilines is 1. The van der Waals surface area contributed by atoms with Crippen LogP contribution in [0.15, 0.2) is 22.7 Å². The van der Waals surface area contributed by atoms with Crippen molar-refractivity contribution in [1.82, 2.24) is 4.31 Å². The monoisotopic (exact) mass is 296 g/mol. The Morgan fingerprint density at radius 1 is 1.40 bits per heavy atom. The van der Waals surface area contributed by atoms with E-state index in [1.54, 1.807) is 0 Å². The second kappa shape index (κ2) is 4.46. The van der Waals surface area contributed by atoms with Gasteiger partial charge in [0.1, 0.15) is 5.82 Å². The number of hydrogen-bond acceptors (Lipinski definition) is 2. The second-order valence-corrected chi connectivity index (χ2v) is 5.75. The molecule has 0 radical (unpaired) electrons. The Balaban J connectivity index is 3.05. The number of nitrogens with zero attached hydrogens (tertiary/aromatic N) is 1. The van der Waals surface area contributed by atoms with Crippen LogP contribution in [0, 0.1) is 5.82 Å². The van der Waals surface area contributed by atoms with E-state index in [1.807, 2.05) is 0 Å². The number of nitrogens with one attached hydrogen (secondary N) is 1. The van der Waals surface area contributed by atoms with E-state index in [-0.39, 0.29) is 5.69 Å². The topological polar surface area (TPSA) is 49.4 Å². The van der Waals surface area contributed by atoms with Crippen LogP contribution in [0.5, 0.6) is 0 Å². The Morgan fingerprint density at radius 3 is 2.53 bits per heavy atom. The van der Waals surface area contributed by atoms with E-state index < -0.39 is 16.0 Å². The van der Waals surface area contributed by atoms with Crippen molar-refractivity contribution in [2.45, 2.75) is 0 Å². The summed E-state index contributed by atoms with van der Waals surface area (Å²) in [4.78, 5) is 0. The fourth-order valence-corrected chi connectivity index (χ4v) is 1.91. The molecule has 0 bridgehead atoms. The first-order valence-corrected chi connectivity index (χ1v) is 6.21. The van der Waals surface area contributed by atoms with Crippen molar-refractivity contribution in [3.8, 4) is 0 Å². The molecule has 0 saturated carbocycles. The van der Waals surface area contributed by atoms with E-state index in [4.69, 9.17) is 0 Å². The van der Waals surface area contributed by atoms with Crippen LogP contribution in [0.3, 0.4) is 0 Å². The summed E-state index contributed by atoms with van der Waals surface area (Å²) in [5.41, 5.74) is 0.170. The van der Waals surface area contributed by atoms with Gasteiger partial charge in [-0.2, -0.15) is 12.7 Å². The molecule has 0 aliphatic heterocycles. The average molecular weight is 297 g/mol. The van der Waals surface area contributed by atoms with Crippen LogP contribution in [0.4, 0.5) is 10.1 Å². The van der Waals surface area contributed by atoms with Crippen LogP contribution in [-0.4, -0.2) is 26.8 Å². The van der Waals surface area contributed by atoms with Crippen molar-refractivity contribution in [2.24, 2.45) is 0 Å². The lowest BCUT2D eigenvalue weighted by molar-refractivity contribution is 0.526. The van der Waals surface area contributed by atoms with E-state index in [0.717, 1.165) is 10.4 Å². The first-order valence-electron chi connectivity index (χ1n) is 3.98. The Hall–Kier alpha value is -0.660. The molecule has 1 aromatic rings. The summed E-state index contributed by atoms with van der Waals surface area (Å²) in [5, 5.41) is 0. The minimum atomic E-state index is -3.60. The number of hydrogen-bond donors (Lipinski definition) is 1. The number of halogens is 2. The predicted octanol–water partition coefficient (Wildman–Crippen LogP) is 1.81. The summed E-state index contributed by atoms with van der Waals surface area (Å²) >= 11 is 3.12. The maximum absolute atomic E-state index is 12.9. The molecule has 1 rings (SSSR count). The molecule has 0 fully saturated rings. The third kappa shape index (κ3) is 3.15. The molecular weight excluding hydrogens is 287 g/mol. The van der Waals surface area contributed by atoms with E-state index >= 15 is 0 Å². The van der Waals surface area contributed by atoms with Crippen LogP contribution in [0.25, 0.3) is 0 Å². The van der Waals surface area contributed by atoms with Gasteiger partial charge >= 0.3 is 10.2 Å². The summed E-state index contributed by atoms with van der Waals surface area (Å²) in [7, 11) is -0.835. The van der Waals surface area contributed by atoms with Crippen molar-refractivity contribution in [3.63, 3.8) is 0 Å². The summed E-state index contributed by atoms with van der Waals surface area (Å²) in [6.45, 7) is 0. The van der Waals surface area contributed by atoms with E-state index in [2.05, 4.69) is 20.7 Å². The van der Waals surface area contributed by atoms with Gasteiger partial charge in [-0.15, -0.1) is 0 Å². The van der Waals surface area contributed by atoms with Gasteiger partial charge in [-0.3, -0.25) is 4.72 Å². The normalized spacial score (nSPS) is 11.8. The molecule has 0 spiro atoms. The SMILES string of the molecule is CN(C)S(=O)(=O)Nc1cc(F)ccc1Br. The zero-order chi connectivity index (χ0) is 11.6. The largest absolute Gasteiger partial charge is 0.301 e. The van der Waals surface area contributed by atoms with Crippen molar-refractivity contribution in [3.05, 3.63) is 28.5 Å². The maximum Gasteiger partial charge on any atom is 0.301 e. The molecule has 0 aromatic heterocycles. The van der Waals surface area contributed by atoms with Gasteiger partial charge in [0.15, 0.2) is 0 Å². The third-order valence-electron chi connectivity index (χ3n) is 1.65. The first-order chi connectivity index (χ1) is 6.83. The van der Waals surface area contributed by atoms with Crippen LogP contribution in [0.2, 0.25) is 0 Å². The lowest BCUT2D eigenvalue weighted by Gasteiger charge is -2.14. The van der Waals surface area contributed by atoms with Gasteiger partial charge in [-0.05, 0) is 34.1 Å². The van der Waals surface area contributed by atoms with E-state index in [0.29, 0.717) is 4.47 Å². The molecule has 15 heavy (non-hydrogen) atoms. The Bertz CT molecular complexity index is 462. The summed E-state index contributed by atoms with van der Waals surface area (Å²) in [5.74, 6) is -0.505. The van der Waals surface area contributed by atoms with Gasteiger partial charge in [0.25, 0.3) is 0 Å². The molecule has 0 atom stereocenters. The summed E-state index contributed by atoms with van der Waals surface area (Å²) in [6.07, 6.45) is 0. The van der Waals surface area contributed by atoms with Crippen molar-refractivity contribution >= 4 is 31.8 Å². The number of benzene rings is 1. The van der Waals surface area contributed by atoms with Crippen molar-refractivity contribution < 1.29 is 12.8 Å². The van der Waals surface area contributed by atoms with Gasteiger partial charge in [-0.25, -0.2) is 4.39 Å². The fraction of sp³-hybridized carbons (Fsp3) is 0.250. The predicted molar refractivity (Wildman–Crippen MR) is 60.3 cm³/mol. The third-order valence-corrected chi connectivity index (χ3v) is 3.78. The molecule has 0 amide bonds. The molecule has 0 unspecified atom stereocenters. The Labute approximate surface area is 96.4 Å². The minimum Gasteiger partial charge on any atom is -0.270 e. The molecule has 7 heteroatoms. The van der Waals surface area contributed by atoms with Crippen molar-refractivity contribution in [1.29, 1.82) is 0 Å². The molecule has 0 aliphatic rings. The number of rotatable bonds is 3. The zero-order valence-electron chi connectivity index (χ0n) is 8.16. The van der Waals surface area contributed by atoms with Gasteiger partial charge in [0, 0.05) is 18.6 Å². The van der Waals surface area contributed by atoms with Gasteiger partial charge < -0.3 is 0 Å². The highest BCUT2D eigenvalue weighted by molar-refractivity contribution is 9.10. The lowest BCUT2D eigenvalue weighted by atomic mass is 10.3.